The predicted molar refractivity (Wildman–Crippen MR) is 131 cm³/mol. The maximum absolute atomic E-state index is 13.4. The number of nitrogens with zero attached hydrogens (tertiary/aromatic N) is 3. The van der Waals surface area contributed by atoms with Crippen molar-refractivity contribution < 1.29 is 19.2 Å². The third kappa shape index (κ3) is 5.05. The van der Waals surface area contributed by atoms with E-state index >= 15 is 0 Å². The molecule has 1 heterocycles. The average Bonchev–Trinajstić information content (AvgIpc) is 3.33. The van der Waals surface area contributed by atoms with Crippen molar-refractivity contribution in [3.05, 3.63) is 93.9 Å². The number of hydrogen-bond acceptors (Lipinski definition) is 7. The van der Waals surface area contributed by atoms with Crippen molar-refractivity contribution in [3.63, 3.8) is 0 Å². The predicted octanol–water partition coefficient (Wildman–Crippen LogP) is 5.78. The molecule has 0 aliphatic carbocycles. The summed E-state index contributed by atoms with van der Waals surface area (Å²) in [6, 6.07) is 20.7. The van der Waals surface area contributed by atoms with Gasteiger partial charge in [0.1, 0.15) is 11.5 Å². The second-order valence-electron chi connectivity index (χ2n) is 7.33. The molecule has 0 saturated carbocycles. The molecule has 1 amide bonds. The summed E-state index contributed by atoms with van der Waals surface area (Å²) in [6.45, 7) is 1.75. The molecule has 4 rings (SSSR count). The number of aromatic nitrogens is 1. The van der Waals surface area contributed by atoms with Crippen molar-refractivity contribution in [2.24, 2.45) is 0 Å². The van der Waals surface area contributed by atoms with Gasteiger partial charge >= 0.3 is 0 Å². The summed E-state index contributed by atoms with van der Waals surface area (Å²) >= 11 is 1.28. The molecular formula is C25H21N3O5S. The highest BCUT2D eigenvalue weighted by Gasteiger charge is 2.25. The maximum atomic E-state index is 13.4. The van der Waals surface area contributed by atoms with Crippen LogP contribution in [0.1, 0.15) is 5.56 Å². The molecule has 0 radical (unpaired) electrons. The van der Waals surface area contributed by atoms with E-state index in [0.29, 0.717) is 33.6 Å². The van der Waals surface area contributed by atoms with Crippen LogP contribution in [0.15, 0.2) is 78.2 Å². The van der Waals surface area contributed by atoms with Gasteiger partial charge in [0.2, 0.25) is 0 Å². The molecule has 0 aliphatic rings. The van der Waals surface area contributed by atoms with Crippen molar-refractivity contribution in [3.8, 4) is 22.8 Å². The van der Waals surface area contributed by atoms with Crippen molar-refractivity contribution >= 4 is 33.8 Å². The van der Waals surface area contributed by atoms with Crippen LogP contribution < -0.4 is 14.4 Å². The van der Waals surface area contributed by atoms with Crippen LogP contribution in [0.5, 0.6) is 11.5 Å². The zero-order valence-electron chi connectivity index (χ0n) is 18.5. The van der Waals surface area contributed by atoms with Gasteiger partial charge in [-0.15, -0.1) is 11.3 Å². The topological polar surface area (TPSA) is 94.8 Å². The van der Waals surface area contributed by atoms with Gasteiger partial charge in [0.25, 0.3) is 11.6 Å². The fraction of sp³-hybridized carbons (Fsp3) is 0.120. The monoisotopic (exact) mass is 475 g/mol. The van der Waals surface area contributed by atoms with Crippen LogP contribution in [0.3, 0.4) is 0 Å². The lowest BCUT2D eigenvalue weighted by atomic mass is 10.1. The Morgan fingerprint density at radius 3 is 2.56 bits per heavy atom. The molecule has 0 N–H and O–H groups in total. The number of benzene rings is 3. The molecule has 1 aromatic heterocycles. The molecule has 8 nitrogen and oxygen atoms in total. The van der Waals surface area contributed by atoms with Crippen LogP contribution in [-0.4, -0.2) is 29.5 Å². The molecule has 4 aromatic rings. The maximum Gasteiger partial charge on any atom is 0.271 e. The van der Waals surface area contributed by atoms with Crippen molar-refractivity contribution in [2.45, 2.75) is 6.92 Å². The minimum Gasteiger partial charge on any atom is -0.495 e. The molecule has 0 saturated heterocycles. The second kappa shape index (κ2) is 10.1. The van der Waals surface area contributed by atoms with Crippen LogP contribution in [0.4, 0.5) is 16.5 Å². The summed E-state index contributed by atoms with van der Waals surface area (Å²) in [5, 5.41) is 13.2. The van der Waals surface area contributed by atoms with E-state index in [1.54, 1.807) is 35.7 Å². The molecule has 9 heteroatoms. The minimum absolute atomic E-state index is 0.00155. The summed E-state index contributed by atoms with van der Waals surface area (Å²) in [7, 11) is 1.54. The van der Waals surface area contributed by atoms with Crippen LogP contribution >= 0.6 is 11.3 Å². The fourth-order valence-corrected chi connectivity index (χ4v) is 4.19. The van der Waals surface area contributed by atoms with Gasteiger partial charge in [0.15, 0.2) is 11.7 Å². The number of anilines is 2. The number of nitro benzene ring substituents is 1. The number of amides is 1. The molecule has 0 spiro atoms. The number of carbonyl (C=O) groups excluding carboxylic acids is 1. The summed E-state index contributed by atoms with van der Waals surface area (Å²) in [4.78, 5) is 30.0. The first-order valence-electron chi connectivity index (χ1n) is 10.3. The first-order valence-corrected chi connectivity index (χ1v) is 11.2. The molecule has 172 valence electrons. The lowest BCUT2D eigenvalue weighted by molar-refractivity contribution is -0.384. The van der Waals surface area contributed by atoms with E-state index in [9.17, 15) is 14.9 Å². The summed E-state index contributed by atoms with van der Waals surface area (Å²) < 4.78 is 11.2. The van der Waals surface area contributed by atoms with Crippen molar-refractivity contribution in [1.82, 2.24) is 4.98 Å². The molecule has 0 atom stereocenters. The number of methoxy groups -OCH3 is 1. The summed E-state index contributed by atoms with van der Waals surface area (Å²) in [5.41, 5.74) is 2.86. The third-order valence-corrected chi connectivity index (χ3v) is 5.81. The largest absolute Gasteiger partial charge is 0.495 e. The van der Waals surface area contributed by atoms with E-state index in [-0.39, 0.29) is 18.2 Å². The van der Waals surface area contributed by atoms with Crippen LogP contribution in [-0.2, 0) is 4.79 Å². The lowest BCUT2D eigenvalue weighted by Crippen LogP contribution is -2.31. The van der Waals surface area contributed by atoms with E-state index in [0.717, 1.165) is 5.56 Å². The highest BCUT2D eigenvalue weighted by Crippen LogP contribution is 2.37. The Morgan fingerprint density at radius 1 is 1.09 bits per heavy atom. The number of rotatable bonds is 8. The van der Waals surface area contributed by atoms with Gasteiger partial charge in [-0.25, -0.2) is 9.88 Å². The van der Waals surface area contributed by atoms with Crippen LogP contribution in [0, 0.1) is 17.0 Å². The van der Waals surface area contributed by atoms with Gasteiger partial charge in [0.05, 0.1) is 23.4 Å². The Balaban J connectivity index is 1.66. The quantitative estimate of drug-likeness (QED) is 0.237. The number of thiazole rings is 1. The van der Waals surface area contributed by atoms with Crippen LogP contribution in [0.25, 0.3) is 11.3 Å². The van der Waals surface area contributed by atoms with Gasteiger partial charge in [-0.3, -0.25) is 14.9 Å². The minimum atomic E-state index is -0.452. The average molecular weight is 476 g/mol. The first kappa shape index (κ1) is 22.9. The molecule has 0 fully saturated rings. The molecule has 34 heavy (non-hydrogen) atoms. The number of hydrogen-bond donors (Lipinski definition) is 0. The number of nitro groups is 1. The standard InChI is InChI=1S/C25H21N3O5S/c1-17-6-5-7-20(14-17)33-15-24(29)27(22-8-3-4-9-23(22)32-2)25-26-21(16-34-25)18-10-12-19(13-11-18)28(30)31/h3-14,16H,15H2,1-2H3. The van der Waals surface area contributed by atoms with Crippen LogP contribution in [0.2, 0.25) is 0 Å². The Kier molecular flexibility index (Phi) is 6.84. The highest BCUT2D eigenvalue weighted by molar-refractivity contribution is 7.14. The zero-order chi connectivity index (χ0) is 24.1. The number of aryl methyl sites for hydroxylation is 1. The first-order chi connectivity index (χ1) is 16.5. The number of ether oxygens (including phenoxy) is 2. The highest BCUT2D eigenvalue weighted by atomic mass is 32.1. The van der Waals surface area contributed by atoms with Crippen molar-refractivity contribution in [1.29, 1.82) is 0 Å². The fourth-order valence-electron chi connectivity index (χ4n) is 3.33. The summed E-state index contributed by atoms with van der Waals surface area (Å²) in [5.74, 6) is 0.785. The smallest absolute Gasteiger partial charge is 0.271 e. The number of carbonyl (C=O) groups is 1. The lowest BCUT2D eigenvalue weighted by Gasteiger charge is -2.22. The van der Waals surface area contributed by atoms with E-state index in [4.69, 9.17) is 9.47 Å². The van der Waals surface area contributed by atoms with Crippen molar-refractivity contribution in [2.75, 3.05) is 18.6 Å². The zero-order valence-corrected chi connectivity index (χ0v) is 19.3. The second-order valence-corrected chi connectivity index (χ2v) is 8.16. The van der Waals surface area contributed by atoms with Gasteiger partial charge in [-0.1, -0.05) is 24.3 Å². The number of non-ortho nitro benzene ring substituents is 1. The van der Waals surface area contributed by atoms with E-state index in [1.165, 1.54) is 35.5 Å². The van der Waals surface area contributed by atoms with E-state index in [2.05, 4.69) is 4.98 Å². The molecule has 0 unspecified atom stereocenters. The van der Waals surface area contributed by atoms with Gasteiger partial charge < -0.3 is 9.47 Å². The SMILES string of the molecule is COc1ccccc1N(C(=O)COc1cccc(C)c1)c1nc(-c2ccc([N+](=O)[O-])cc2)cs1. The van der Waals surface area contributed by atoms with E-state index in [1.807, 2.05) is 37.3 Å². The Morgan fingerprint density at radius 2 is 1.85 bits per heavy atom. The van der Waals surface area contributed by atoms with Gasteiger partial charge in [-0.2, -0.15) is 0 Å². The normalized spacial score (nSPS) is 10.5. The van der Waals surface area contributed by atoms with Gasteiger partial charge in [0, 0.05) is 23.1 Å². The molecule has 0 aliphatic heterocycles. The molecule has 3 aromatic carbocycles. The molecule has 0 bridgehead atoms. The Bertz CT molecular complexity index is 1320. The van der Waals surface area contributed by atoms with Gasteiger partial charge in [-0.05, 0) is 48.9 Å². The Labute approximate surface area is 200 Å². The molecular weight excluding hydrogens is 454 g/mol. The third-order valence-electron chi connectivity index (χ3n) is 4.98. The number of para-hydroxylation sites is 2. The Hall–Kier alpha value is -4.24. The summed E-state index contributed by atoms with van der Waals surface area (Å²) in [6.07, 6.45) is 0. The van der Waals surface area contributed by atoms with E-state index < -0.39 is 4.92 Å².